The fourth-order valence-corrected chi connectivity index (χ4v) is 3.39. The number of thioether (sulfide) groups is 1. The summed E-state index contributed by atoms with van der Waals surface area (Å²) < 4.78 is 23.4. The van der Waals surface area contributed by atoms with Crippen LogP contribution in [0.2, 0.25) is 5.02 Å². The summed E-state index contributed by atoms with van der Waals surface area (Å²) in [5, 5.41) is 5.06. The van der Waals surface area contributed by atoms with Gasteiger partial charge in [0.25, 0.3) is 5.91 Å². The van der Waals surface area contributed by atoms with Crippen molar-refractivity contribution in [3.8, 4) is 0 Å². The maximum Gasteiger partial charge on any atom is 0.340 e. The Balaban J connectivity index is 1.95. The molecule has 0 bridgehead atoms. The number of methoxy groups -OCH3 is 1. The molecule has 2 rings (SSSR count). The van der Waals surface area contributed by atoms with Crippen molar-refractivity contribution in [2.45, 2.75) is 17.9 Å². The van der Waals surface area contributed by atoms with Crippen molar-refractivity contribution in [3.05, 3.63) is 58.9 Å². The summed E-state index contributed by atoms with van der Waals surface area (Å²) in [5.41, 5.74) is 0.511. The Morgan fingerprint density at radius 3 is 2.65 bits per heavy atom. The summed E-state index contributed by atoms with van der Waals surface area (Å²) in [7, 11) is 1.54. The molecular formula is C21H22ClFN2O5S. The molecule has 2 aromatic rings. The van der Waals surface area contributed by atoms with E-state index in [1.165, 1.54) is 30.8 Å². The van der Waals surface area contributed by atoms with Crippen LogP contribution in [0.5, 0.6) is 0 Å². The van der Waals surface area contributed by atoms with Gasteiger partial charge in [0.15, 0.2) is 6.10 Å². The normalized spacial score (nSPS) is 11.5. The van der Waals surface area contributed by atoms with Crippen LogP contribution in [-0.2, 0) is 19.1 Å². The second-order valence-electron chi connectivity index (χ2n) is 6.29. The van der Waals surface area contributed by atoms with Crippen LogP contribution in [0.1, 0.15) is 17.3 Å². The van der Waals surface area contributed by atoms with Crippen molar-refractivity contribution in [2.75, 3.05) is 31.3 Å². The molecule has 31 heavy (non-hydrogen) atoms. The number of rotatable bonds is 10. The van der Waals surface area contributed by atoms with Crippen LogP contribution in [0.3, 0.4) is 0 Å². The molecule has 0 fully saturated rings. The van der Waals surface area contributed by atoms with Crippen molar-refractivity contribution >= 4 is 46.8 Å². The van der Waals surface area contributed by atoms with E-state index in [-0.39, 0.29) is 27.9 Å². The average molecular weight is 469 g/mol. The number of benzene rings is 2. The van der Waals surface area contributed by atoms with E-state index in [9.17, 15) is 18.8 Å². The zero-order valence-electron chi connectivity index (χ0n) is 16.9. The topological polar surface area (TPSA) is 93.7 Å². The quantitative estimate of drug-likeness (QED) is 0.315. The first-order chi connectivity index (χ1) is 14.8. The van der Waals surface area contributed by atoms with Crippen molar-refractivity contribution in [1.82, 2.24) is 5.32 Å². The molecule has 2 N–H and O–H groups in total. The number of nitrogens with one attached hydrogen (secondary N) is 2. The SMILES string of the molecule is COCCNC(=O)CSc1ccccc1C(=O)OC(C)C(=O)Nc1ccc(F)c(Cl)c1. The monoisotopic (exact) mass is 468 g/mol. The molecule has 1 unspecified atom stereocenters. The molecule has 0 saturated carbocycles. The van der Waals surface area contributed by atoms with E-state index in [1.54, 1.807) is 31.4 Å². The van der Waals surface area contributed by atoms with Crippen LogP contribution in [-0.4, -0.2) is 49.9 Å². The maximum absolute atomic E-state index is 13.2. The van der Waals surface area contributed by atoms with Crippen molar-refractivity contribution in [3.63, 3.8) is 0 Å². The van der Waals surface area contributed by atoms with Gasteiger partial charge in [-0.05, 0) is 37.3 Å². The fourth-order valence-electron chi connectivity index (χ4n) is 2.34. The molecule has 0 radical (unpaired) electrons. The lowest BCUT2D eigenvalue weighted by Crippen LogP contribution is -2.30. The Hall–Kier alpha value is -2.62. The van der Waals surface area contributed by atoms with E-state index in [0.29, 0.717) is 18.0 Å². The van der Waals surface area contributed by atoms with Gasteiger partial charge in [0.05, 0.1) is 22.9 Å². The van der Waals surface area contributed by atoms with Crippen LogP contribution in [0, 0.1) is 5.82 Å². The van der Waals surface area contributed by atoms with Gasteiger partial charge < -0.3 is 20.1 Å². The highest BCUT2D eigenvalue weighted by atomic mass is 35.5. The van der Waals surface area contributed by atoms with Crippen LogP contribution >= 0.6 is 23.4 Å². The zero-order chi connectivity index (χ0) is 22.8. The summed E-state index contributed by atoms with van der Waals surface area (Å²) in [4.78, 5) is 37.3. The molecule has 0 saturated heterocycles. The largest absolute Gasteiger partial charge is 0.449 e. The fraction of sp³-hybridized carbons (Fsp3) is 0.286. The molecule has 2 amide bonds. The van der Waals surface area contributed by atoms with E-state index >= 15 is 0 Å². The predicted molar refractivity (Wildman–Crippen MR) is 117 cm³/mol. The van der Waals surface area contributed by atoms with Gasteiger partial charge in [0.2, 0.25) is 5.91 Å². The minimum Gasteiger partial charge on any atom is -0.449 e. The summed E-state index contributed by atoms with van der Waals surface area (Å²) in [6.07, 6.45) is -1.12. The van der Waals surface area contributed by atoms with Crippen LogP contribution in [0.15, 0.2) is 47.4 Å². The molecule has 7 nitrogen and oxygen atoms in total. The van der Waals surface area contributed by atoms with Crippen molar-refractivity contribution in [1.29, 1.82) is 0 Å². The Morgan fingerprint density at radius 1 is 1.19 bits per heavy atom. The van der Waals surface area contributed by atoms with E-state index in [1.807, 2.05) is 0 Å². The molecule has 10 heteroatoms. The van der Waals surface area contributed by atoms with E-state index in [4.69, 9.17) is 21.1 Å². The highest BCUT2D eigenvalue weighted by molar-refractivity contribution is 8.00. The molecule has 0 heterocycles. The van der Waals surface area contributed by atoms with E-state index in [0.717, 1.165) is 6.07 Å². The number of amides is 2. The third kappa shape index (κ3) is 7.86. The molecule has 2 aromatic carbocycles. The van der Waals surface area contributed by atoms with E-state index < -0.39 is 23.8 Å². The molecule has 1 atom stereocenters. The lowest BCUT2D eigenvalue weighted by atomic mass is 10.2. The Kier molecular flexibility index (Phi) is 9.77. The van der Waals surface area contributed by atoms with Crippen LogP contribution in [0.25, 0.3) is 0 Å². The van der Waals surface area contributed by atoms with Gasteiger partial charge >= 0.3 is 5.97 Å². The number of hydrogen-bond acceptors (Lipinski definition) is 6. The summed E-state index contributed by atoms with van der Waals surface area (Å²) >= 11 is 6.88. The zero-order valence-corrected chi connectivity index (χ0v) is 18.5. The van der Waals surface area contributed by atoms with Crippen molar-refractivity contribution < 1.29 is 28.2 Å². The minimum absolute atomic E-state index is 0.107. The molecular weight excluding hydrogens is 447 g/mol. The smallest absolute Gasteiger partial charge is 0.340 e. The third-order valence-electron chi connectivity index (χ3n) is 3.93. The van der Waals surface area contributed by atoms with Gasteiger partial charge in [-0.25, -0.2) is 9.18 Å². The van der Waals surface area contributed by atoms with E-state index in [2.05, 4.69) is 10.6 Å². The van der Waals surface area contributed by atoms with Gasteiger partial charge in [0.1, 0.15) is 5.82 Å². The third-order valence-corrected chi connectivity index (χ3v) is 5.30. The lowest BCUT2D eigenvalue weighted by Gasteiger charge is -2.15. The molecule has 0 aliphatic carbocycles. The van der Waals surface area contributed by atoms with Crippen molar-refractivity contribution in [2.24, 2.45) is 0 Å². The highest BCUT2D eigenvalue weighted by Gasteiger charge is 2.21. The first-order valence-electron chi connectivity index (χ1n) is 9.26. The van der Waals surface area contributed by atoms with Gasteiger partial charge in [-0.1, -0.05) is 23.7 Å². The summed E-state index contributed by atoms with van der Waals surface area (Å²) in [6.45, 7) is 2.21. The number of carbonyl (C=O) groups is 3. The maximum atomic E-state index is 13.2. The molecule has 0 aromatic heterocycles. The Morgan fingerprint density at radius 2 is 1.94 bits per heavy atom. The molecule has 0 aliphatic rings. The van der Waals surface area contributed by atoms with Gasteiger partial charge in [0, 0.05) is 24.2 Å². The number of hydrogen-bond donors (Lipinski definition) is 2. The molecule has 0 spiro atoms. The number of carbonyl (C=O) groups excluding carboxylic acids is 3. The Labute approximate surface area is 188 Å². The molecule has 0 aliphatic heterocycles. The Bertz CT molecular complexity index is 944. The first kappa shape index (κ1) is 24.6. The number of anilines is 1. The summed E-state index contributed by atoms with van der Waals surface area (Å²) in [5.74, 6) is -2.01. The molecule has 166 valence electrons. The van der Waals surface area contributed by atoms with Gasteiger partial charge in [-0.15, -0.1) is 11.8 Å². The van der Waals surface area contributed by atoms with Crippen LogP contribution in [0.4, 0.5) is 10.1 Å². The number of halogens is 2. The van der Waals surface area contributed by atoms with Gasteiger partial charge in [-0.2, -0.15) is 0 Å². The van der Waals surface area contributed by atoms with Gasteiger partial charge in [-0.3, -0.25) is 9.59 Å². The van der Waals surface area contributed by atoms with Crippen LogP contribution < -0.4 is 10.6 Å². The number of esters is 1. The highest BCUT2D eigenvalue weighted by Crippen LogP contribution is 2.24. The summed E-state index contributed by atoms with van der Waals surface area (Å²) in [6, 6.07) is 10.4. The number of ether oxygens (including phenoxy) is 2. The minimum atomic E-state index is -1.12. The lowest BCUT2D eigenvalue weighted by molar-refractivity contribution is -0.123. The second kappa shape index (κ2) is 12.3. The first-order valence-corrected chi connectivity index (χ1v) is 10.6. The predicted octanol–water partition coefficient (Wildman–Crippen LogP) is 3.52. The second-order valence-corrected chi connectivity index (χ2v) is 7.72. The standard InChI is InChI=1S/C21H22ClFN2O5S/c1-13(20(27)25-14-7-8-17(23)16(22)11-14)30-21(28)15-5-3-4-6-18(15)31-12-19(26)24-9-10-29-2/h3-8,11,13H,9-10,12H2,1-2H3,(H,24,26)(H,25,27). The average Bonchev–Trinajstić information content (AvgIpc) is 2.75.